The quantitative estimate of drug-likeness (QED) is 0.878. The average molecular weight is 318 g/mol. The Morgan fingerprint density at radius 3 is 2.84 bits per heavy atom. The Bertz CT molecular complexity index is 638. The summed E-state index contributed by atoms with van der Waals surface area (Å²) >= 11 is 3.49. The lowest BCUT2D eigenvalue weighted by molar-refractivity contribution is 0.622. The molecule has 19 heavy (non-hydrogen) atoms. The zero-order chi connectivity index (χ0) is 13.4. The summed E-state index contributed by atoms with van der Waals surface area (Å²) in [6.45, 7) is 6.06. The van der Waals surface area contributed by atoms with E-state index in [1.807, 2.05) is 6.07 Å². The number of nitrogens with one attached hydrogen (secondary N) is 1. The lowest BCUT2D eigenvalue weighted by Crippen LogP contribution is -2.26. The molecule has 98 valence electrons. The molecule has 1 aromatic carbocycles. The molecule has 0 bridgehead atoms. The van der Waals surface area contributed by atoms with E-state index >= 15 is 0 Å². The van der Waals surface area contributed by atoms with Crippen LogP contribution in [0.5, 0.6) is 0 Å². The molecule has 0 saturated heterocycles. The molecule has 1 aliphatic rings. The molecule has 3 rings (SSSR count). The van der Waals surface area contributed by atoms with E-state index in [0.29, 0.717) is 0 Å². The van der Waals surface area contributed by atoms with Gasteiger partial charge in [-0.1, -0.05) is 15.9 Å². The molecule has 4 heteroatoms. The summed E-state index contributed by atoms with van der Waals surface area (Å²) in [6, 6.07) is 6.23. The van der Waals surface area contributed by atoms with Crippen molar-refractivity contribution in [2.45, 2.75) is 26.8 Å². The first-order chi connectivity index (χ1) is 9.15. The molecular weight excluding hydrogens is 302 g/mol. The third-order valence-electron chi connectivity index (χ3n) is 3.57. The largest absolute Gasteiger partial charge is 0.312 e. The van der Waals surface area contributed by atoms with Gasteiger partial charge in [-0.05, 0) is 37.6 Å². The second kappa shape index (κ2) is 5.02. The zero-order valence-corrected chi connectivity index (χ0v) is 12.7. The lowest BCUT2D eigenvalue weighted by atomic mass is 10.0. The number of aryl methyl sites for hydroxylation is 2. The maximum atomic E-state index is 4.77. The number of nitrogens with zero attached hydrogens (tertiary/aromatic N) is 2. The Hall–Kier alpha value is -1.26. The number of aromatic nitrogens is 2. The monoisotopic (exact) mass is 317 g/mol. The molecule has 0 atom stereocenters. The molecule has 0 radical (unpaired) electrons. The van der Waals surface area contributed by atoms with E-state index in [1.165, 1.54) is 16.8 Å². The molecule has 0 amide bonds. The predicted molar refractivity (Wildman–Crippen MR) is 80.1 cm³/mol. The van der Waals surface area contributed by atoms with Gasteiger partial charge in [-0.25, -0.2) is 9.97 Å². The Labute approximate surface area is 121 Å². The fourth-order valence-corrected chi connectivity index (χ4v) is 2.99. The van der Waals surface area contributed by atoms with Crippen molar-refractivity contribution in [3.63, 3.8) is 0 Å². The van der Waals surface area contributed by atoms with Crippen LogP contribution in [0, 0.1) is 13.8 Å². The topological polar surface area (TPSA) is 37.8 Å². The molecule has 2 aromatic rings. The maximum absolute atomic E-state index is 4.77. The van der Waals surface area contributed by atoms with Crippen molar-refractivity contribution in [2.75, 3.05) is 6.54 Å². The predicted octanol–water partition coefficient (Wildman–Crippen LogP) is 3.17. The van der Waals surface area contributed by atoms with Crippen LogP contribution in [0.2, 0.25) is 0 Å². The van der Waals surface area contributed by atoms with Crippen molar-refractivity contribution in [3.05, 3.63) is 45.2 Å². The Kier molecular flexibility index (Phi) is 3.37. The van der Waals surface area contributed by atoms with Gasteiger partial charge in [0, 0.05) is 40.8 Å². The smallest absolute Gasteiger partial charge is 0.159 e. The van der Waals surface area contributed by atoms with Crippen molar-refractivity contribution >= 4 is 15.9 Å². The van der Waals surface area contributed by atoms with Gasteiger partial charge in [0.15, 0.2) is 5.82 Å². The van der Waals surface area contributed by atoms with Crippen molar-refractivity contribution in [3.8, 4) is 11.4 Å². The van der Waals surface area contributed by atoms with Gasteiger partial charge in [-0.2, -0.15) is 0 Å². The highest BCUT2D eigenvalue weighted by molar-refractivity contribution is 9.10. The van der Waals surface area contributed by atoms with Crippen molar-refractivity contribution in [1.82, 2.24) is 15.3 Å². The Morgan fingerprint density at radius 1 is 1.21 bits per heavy atom. The van der Waals surface area contributed by atoms with E-state index in [9.17, 15) is 0 Å². The molecule has 2 heterocycles. The van der Waals surface area contributed by atoms with Gasteiger partial charge in [0.2, 0.25) is 0 Å². The summed E-state index contributed by atoms with van der Waals surface area (Å²) in [5, 5.41) is 3.37. The van der Waals surface area contributed by atoms with E-state index < -0.39 is 0 Å². The minimum atomic E-state index is 0.850. The van der Waals surface area contributed by atoms with Gasteiger partial charge < -0.3 is 5.32 Å². The standard InChI is InChI=1S/C15H16BrN3/c1-9-7-11(16)3-4-12(9)15-18-10(2)13-8-17-6-5-14(13)19-15/h3-4,7,17H,5-6,8H2,1-2H3. The van der Waals surface area contributed by atoms with Crippen LogP contribution < -0.4 is 5.32 Å². The van der Waals surface area contributed by atoms with Crippen LogP contribution in [-0.2, 0) is 13.0 Å². The average Bonchev–Trinajstić information content (AvgIpc) is 2.38. The molecular formula is C15H16BrN3. The van der Waals surface area contributed by atoms with Crippen molar-refractivity contribution in [1.29, 1.82) is 0 Å². The number of hydrogen-bond acceptors (Lipinski definition) is 3. The van der Waals surface area contributed by atoms with E-state index in [-0.39, 0.29) is 0 Å². The van der Waals surface area contributed by atoms with Crippen LogP contribution in [0.1, 0.15) is 22.5 Å². The van der Waals surface area contributed by atoms with E-state index in [0.717, 1.165) is 41.1 Å². The van der Waals surface area contributed by atoms with Gasteiger partial charge in [0.05, 0.1) is 5.69 Å². The zero-order valence-electron chi connectivity index (χ0n) is 11.1. The molecule has 0 saturated carbocycles. The normalized spacial score (nSPS) is 14.3. The highest BCUT2D eigenvalue weighted by Crippen LogP contribution is 2.26. The third-order valence-corrected chi connectivity index (χ3v) is 4.06. The van der Waals surface area contributed by atoms with Gasteiger partial charge in [-0.15, -0.1) is 0 Å². The molecule has 0 aliphatic carbocycles. The number of hydrogen-bond donors (Lipinski definition) is 1. The summed E-state index contributed by atoms with van der Waals surface area (Å²) < 4.78 is 1.09. The summed E-state index contributed by atoms with van der Waals surface area (Å²) in [6.07, 6.45) is 0.987. The lowest BCUT2D eigenvalue weighted by Gasteiger charge is -2.19. The van der Waals surface area contributed by atoms with Crippen LogP contribution in [0.15, 0.2) is 22.7 Å². The number of rotatable bonds is 1. The molecule has 3 nitrogen and oxygen atoms in total. The summed E-state index contributed by atoms with van der Waals surface area (Å²) in [4.78, 5) is 9.45. The molecule has 1 aliphatic heterocycles. The number of halogens is 1. The molecule has 0 fully saturated rings. The Morgan fingerprint density at radius 2 is 2.05 bits per heavy atom. The molecule has 0 spiro atoms. The maximum Gasteiger partial charge on any atom is 0.159 e. The van der Waals surface area contributed by atoms with Crippen LogP contribution >= 0.6 is 15.9 Å². The van der Waals surface area contributed by atoms with E-state index in [4.69, 9.17) is 4.98 Å². The first-order valence-corrected chi connectivity index (χ1v) is 7.28. The van der Waals surface area contributed by atoms with Gasteiger partial charge in [-0.3, -0.25) is 0 Å². The van der Waals surface area contributed by atoms with Gasteiger partial charge in [0.1, 0.15) is 0 Å². The van der Waals surface area contributed by atoms with Gasteiger partial charge in [0.25, 0.3) is 0 Å². The third kappa shape index (κ3) is 2.42. The van der Waals surface area contributed by atoms with Crippen molar-refractivity contribution < 1.29 is 0 Å². The highest BCUT2D eigenvalue weighted by atomic mass is 79.9. The fraction of sp³-hybridized carbons (Fsp3) is 0.333. The summed E-state index contributed by atoms with van der Waals surface area (Å²) in [5.74, 6) is 0.850. The minimum Gasteiger partial charge on any atom is -0.312 e. The van der Waals surface area contributed by atoms with Crippen LogP contribution in [0.25, 0.3) is 11.4 Å². The van der Waals surface area contributed by atoms with Crippen LogP contribution in [0.4, 0.5) is 0 Å². The number of benzene rings is 1. The second-order valence-electron chi connectivity index (χ2n) is 4.94. The summed E-state index contributed by atoms with van der Waals surface area (Å²) in [5.41, 5.74) is 5.87. The minimum absolute atomic E-state index is 0.850. The molecule has 0 unspecified atom stereocenters. The molecule has 1 N–H and O–H groups in total. The highest BCUT2D eigenvalue weighted by Gasteiger charge is 2.16. The van der Waals surface area contributed by atoms with E-state index in [1.54, 1.807) is 0 Å². The van der Waals surface area contributed by atoms with E-state index in [2.05, 4.69) is 52.2 Å². The SMILES string of the molecule is Cc1cc(Br)ccc1-c1nc(C)c2c(n1)CCNC2. The second-order valence-corrected chi connectivity index (χ2v) is 5.86. The van der Waals surface area contributed by atoms with Crippen molar-refractivity contribution in [2.24, 2.45) is 0 Å². The Balaban J connectivity index is 2.13. The van der Waals surface area contributed by atoms with Crippen LogP contribution in [-0.4, -0.2) is 16.5 Å². The first-order valence-electron chi connectivity index (χ1n) is 6.49. The number of fused-ring (bicyclic) bond motifs is 1. The first kappa shape index (κ1) is 12.8. The summed E-state index contributed by atoms with van der Waals surface area (Å²) in [7, 11) is 0. The fourth-order valence-electron chi connectivity index (χ4n) is 2.51. The molecule has 1 aromatic heterocycles. The van der Waals surface area contributed by atoms with Gasteiger partial charge >= 0.3 is 0 Å². The van der Waals surface area contributed by atoms with Crippen LogP contribution in [0.3, 0.4) is 0 Å².